The van der Waals surface area contributed by atoms with Gasteiger partial charge >= 0.3 is 5.97 Å². The Morgan fingerprint density at radius 2 is 2.40 bits per heavy atom. The number of carboxylic acids is 1. The predicted octanol–water partition coefficient (Wildman–Crippen LogP) is 0.556. The van der Waals surface area contributed by atoms with Crippen molar-refractivity contribution in [2.45, 2.75) is 6.42 Å². The SMILES string of the molecule is O=C(O)CC#Cc1cnc2ncccn12. The number of carboxylic acid groups (broad SMARTS) is 1. The minimum atomic E-state index is -0.936. The Labute approximate surface area is 85.4 Å². The first-order chi connectivity index (χ1) is 7.27. The Morgan fingerprint density at radius 3 is 3.20 bits per heavy atom. The van der Waals surface area contributed by atoms with Gasteiger partial charge in [-0.15, -0.1) is 0 Å². The molecule has 2 rings (SSSR count). The van der Waals surface area contributed by atoms with E-state index < -0.39 is 5.97 Å². The molecule has 2 aromatic heterocycles. The molecule has 0 aliphatic carbocycles. The van der Waals surface area contributed by atoms with Crippen molar-refractivity contribution in [3.8, 4) is 11.8 Å². The Kier molecular flexibility index (Phi) is 2.33. The molecule has 74 valence electrons. The van der Waals surface area contributed by atoms with Crippen LogP contribution in [-0.4, -0.2) is 25.4 Å². The summed E-state index contributed by atoms with van der Waals surface area (Å²) in [4.78, 5) is 18.3. The third-order valence-electron chi connectivity index (χ3n) is 1.74. The number of hydrogen-bond donors (Lipinski definition) is 1. The molecule has 0 aliphatic rings. The van der Waals surface area contributed by atoms with E-state index in [0.29, 0.717) is 11.5 Å². The molecule has 0 saturated heterocycles. The van der Waals surface area contributed by atoms with E-state index in [1.165, 1.54) is 0 Å². The molecule has 0 atom stereocenters. The molecule has 5 nitrogen and oxygen atoms in total. The van der Waals surface area contributed by atoms with Crippen molar-refractivity contribution in [3.05, 3.63) is 30.4 Å². The highest BCUT2D eigenvalue weighted by molar-refractivity contribution is 5.70. The average Bonchev–Trinajstić information content (AvgIpc) is 2.62. The first kappa shape index (κ1) is 9.21. The lowest BCUT2D eigenvalue weighted by molar-refractivity contribution is -0.135. The van der Waals surface area contributed by atoms with Crippen LogP contribution in [0.4, 0.5) is 0 Å². The maximum atomic E-state index is 10.3. The van der Waals surface area contributed by atoms with Gasteiger partial charge in [0.05, 0.1) is 6.20 Å². The van der Waals surface area contributed by atoms with Gasteiger partial charge in [-0.3, -0.25) is 9.20 Å². The van der Waals surface area contributed by atoms with E-state index in [1.54, 1.807) is 29.1 Å². The van der Waals surface area contributed by atoms with Crippen molar-refractivity contribution in [1.29, 1.82) is 0 Å². The van der Waals surface area contributed by atoms with Crippen LogP contribution >= 0.6 is 0 Å². The average molecular weight is 201 g/mol. The standard InChI is InChI=1S/C10H7N3O2/c14-9(15)4-1-3-8-7-12-10-11-5-2-6-13(8)10/h2,5-7H,4H2,(H,14,15). The number of imidazole rings is 1. The summed E-state index contributed by atoms with van der Waals surface area (Å²) < 4.78 is 1.70. The minimum Gasteiger partial charge on any atom is -0.481 e. The molecule has 5 heteroatoms. The van der Waals surface area contributed by atoms with Crippen LogP contribution in [0.1, 0.15) is 12.1 Å². The van der Waals surface area contributed by atoms with Gasteiger partial charge in [0, 0.05) is 12.4 Å². The Hall–Kier alpha value is -2.35. The molecular weight excluding hydrogens is 194 g/mol. The minimum absolute atomic E-state index is 0.173. The topological polar surface area (TPSA) is 67.5 Å². The van der Waals surface area contributed by atoms with E-state index >= 15 is 0 Å². The van der Waals surface area contributed by atoms with Crippen LogP contribution in [0.3, 0.4) is 0 Å². The first-order valence-corrected chi connectivity index (χ1v) is 4.26. The fourth-order valence-corrected chi connectivity index (χ4v) is 1.13. The summed E-state index contributed by atoms with van der Waals surface area (Å²) in [6, 6.07) is 1.76. The van der Waals surface area contributed by atoms with Crippen LogP contribution in [0.5, 0.6) is 0 Å². The van der Waals surface area contributed by atoms with Crippen LogP contribution in [0.15, 0.2) is 24.7 Å². The van der Waals surface area contributed by atoms with E-state index in [9.17, 15) is 4.79 Å². The van der Waals surface area contributed by atoms with Gasteiger partial charge in [0.25, 0.3) is 0 Å². The van der Waals surface area contributed by atoms with Crippen LogP contribution in [-0.2, 0) is 4.79 Å². The van der Waals surface area contributed by atoms with Gasteiger partial charge in [0.15, 0.2) is 0 Å². The van der Waals surface area contributed by atoms with Gasteiger partial charge in [-0.1, -0.05) is 5.92 Å². The maximum Gasteiger partial charge on any atom is 0.315 e. The van der Waals surface area contributed by atoms with E-state index in [4.69, 9.17) is 5.11 Å². The number of rotatable bonds is 1. The van der Waals surface area contributed by atoms with Crippen molar-refractivity contribution in [3.63, 3.8) is 0 Å². The van der Waals surface area contributed by atoms with Gasteiger partial charge in [0.1, 0.15) is 12.1 Å². The zero-order chi connectivity index (χ0) is 10.7. The van der Waals surface area contributed by atoms with E-state index in [0.717, 1.165) is 0 Å². The summed E-state index contributed by atoms with van der Waals surface area (Å²) in [6.07, 6.45) is 4.81. The molecule has 15 heavy (non-hydrogen) atoms. The Balaban J connectivity index is 2.35. The smallest absolute Gasteiger partial charge is 0.315 e. The Bertz CT molecular complexity index is 563. The summed E-state index contributed by atoms with van der Waals surface area (Å²) in [6.45, 7) is 0. The molecule has 0 amide bonds. The molecular formula is C10H7N3O2. The van der Waals surface area contributed by atoms with Crippen LogP contribution in [0.2, 0.25) is 0 Å². The second-order valence-corrected chi connectivity index (χ2v) is 2.81. The lowest BCUT2D eigenvalue weighted by Gasteiger charge is -1.91. The zero-order valence-electron chi connectivity index (χ0n) is 7.71. The summed E-state index contributed by atoms with van der Waals surface area (Å²) in [5.74, 6) is 4.89. The fraction of sp³-hybridized carbons (Fsp3) is 0.100. The van der Waals surface area contributed by atoms with E-state index in [2.05, 4.69) is 21.8 Å². The summed E-state index contributed by atoms with van der Waals surface area (Å²) in [7, 11) is 0. The van der Waals surface area contributed by atoms with Gasteiger partial charge in [0.2, 0.25) is 5.78 Å². The number of hydrogen-bond acceptors (Lipinski definition) is 3. The molecule has 0 fully saturated rings. The quantitative estimate of drug-likeness (QED) is 0.684. The maximum absolute atomic E-state index is 10.3. The van der Waals surface area contributed by atoms with Crippen molar-refractivity contribution in [1.82, 2.24) is 14.4 Å². The van der Waals surface area contributed by atoms with E-state index in [-0.39, 0.29) is 6.42 Å². The van der Waals surface area contributed by atoms with Gasteiger partial charge in [-0.2, -0.15) is 0 Å². The monoisotopic (exact) mass is 201 g/mol. The van der Waals surface area contributed by atoms with Gasteiger partial charge in [-0.25, -0.2) is 9.97 Å². The highest BCUT2D eigenvalue weighted by atomic mass is 16.4. The number of aliphatic carboxylic acids is 1. The second-order valence-electron chi connectivity index (χ2n) is 2.81. The van der Waals surface area contributed by atoms with Crippen LogP contribution in [0.25, 0.3) is 5.78 Å². The van der Waals surface area contributed by atoms with Crippen molar-refractivity contribution >= 4 is 11.7 Å². The van der Waals surface area contributed by atoms with Crippen molar-refractivity contribution < 1.29 is 9.90 Å². The highest BCUT2D eigenvalue weighted by Crippen LogP contribution is 2.01. The molecule has 0 radical (unpaired) electrons. The van der Waals surface area contributed by atoms with Crippen LogP contribution in [0, 0.1) is 11.8 Å². The highest BCUT2D eigenvalue weighted by Gasteiger charge is 1.99. The summed E-state index contributed by atoms with van der Waals surface area (Å²) >= 11 is 0. The summed E-state index contributed by atoms with van der Waals surface area (Å²) in [5, 5.41) is 8.42. The van der Waals surface area contributed by atoms with Crippen LogP contribution < -0.4 is 0 Å². The molecule has 0 spiro atoms. The summed E-state index contributed by atoms with van der Waals surface area (Å²) in [5.41, 5.74) is 0.638. The van der Waals surface area contributed by atoms with E-state index in [1.807, 2.05) is 0 Å². The lowest BCUT2D eigenvalue weighted by atomic mass is 10.4. The molecule has 0 aromatic carbocycles. The van der Waals surface area contributed by atoms with Crippen molar-refractivity contribution in [2.24, 2.45) is 0 Å². The molecule has 0 unspecified atom stereocenters. The van der Waals surface area contributed by atoms with Gasteiger partial charge in [-0.05, 0) is 12.0 Å². The predicted molar refractivity (Wildman–Crippen MR) is 52.1 cm³/mol. The third-order valence-corrected chi connectivity index (χ3v) is 1.74. The molecule has 0 bridgehead atoms. The van der Waals surface area contributed by atoms with Crippen molar-refractivity contribution in [2.75, 3.05) is 0 Å². The normalized spacial score (nSPS) is 9.60. The molecule has 0 aliphatic heterocycles. The number of aromatic nitrogens is 3. The Morgan fingerprint density at radius 1 is 1.53 bits per heavy atom. The number of carbonyl (C=O) groups is 1. The lowest BCUT2D eigenvalue weighted by Crippen LogP contribution is -1.91. The largest absolute Gasteiger partial charge is 0.481 e. The molecule has 2 heterocycles. The fourth-order valence-electron chi connectivity index (χ4n) is 1.13. The number of nitrogens with zero attached hydrogens (tertiary/aromatic N) is 3. The molecule has 1 N–H and O–H groups in total. The second kappa shape index (κ2) is 3.80. The third kappa shape index (κ3) is 1.94. The van der Waals surface area contributed by atoms with Gasteiger partial charge < -0.3 is 5.11 Å². The zero-order valence-corrected chi connectivity index (χ0v) is 7.71. The molecule has 2 aromatic rings. The number of fused-ring (bicyclic) bond motifs is 1. The first-order valence-electron chi connectivity index (χ1n) is 4.26. The molecule has 0 saturated carbocycles.